The maximum atomic E-state index is 5.57. The van der Waals surface area contributed by atoms with Gasteiger partial charge < -0.3 is 20.3 Å². The standard InChI is InChI=1S/C23H39N5O.HI/c1-24-22(26-19-23(27(2)3)11-15-29-16-12-23)25-17-20-7-9-21(10-8-20)18-28-13-5-4-6-14-28;/h7-10H,4-6,11-19H2,1-3H3,(H2,24,25,26);1H. The third-order valence-corrected chi connectivity index (χ3v) is 6.52. The number of benzene rings is 1. The summed E-state index contributed by atoms with van der Waals surface area (Å²) in [4.78, 5) is 9.31. The van der Waals surface area contributed by atoms with E-state index in [0.29, 0.717) is 0 Å². The second kappa shape index (κ2) is 12.8. The summed E-state index contributed by atoms with van der Waals surface area (Å²) in [5.74, 6) is 0.857. The molecule has 7 heteroatoms. The zero-order valence-corrected chi connectivity index (χ0v) is 21.3. The highest BCUT2D eigenvalue weighted by Gasteiger charge is 2.34. The van der Waals surface area contributed by atoms with E-state index < -0.39 is 0 Å². The molecular formula is C23H40IN5O. The van der Waals surface area contributed by atoms with Gasteiger partial charge in [-0.1, -0.05) is 30.7 Å². The van der Waals surface area contributed by atoms with Gasteiger partial charge in [-0.05, 0) is 64.0 Å². The topological polar surface area (TPSA) is 52.1 Å². The van der Waals surface area contributed by atoms with E-state index in [1.807, 2.05) is 7.05 Å². The van der Waals surface area contributed by atoms with Crippen molar-refractivity contribution in [2.24, 2.45) is 4.99 Å². The van der Waals surface area contributed by atoms with Gasteiger partial charge in [0.05, 0.1) is 0 Å². The molecule has 3 rings (SSSR count). The van der Waals surface area contributed by atoms with Crippen LogP contribution in [-0.2, 0) is 17.8 Å². The Morgan fingerprint density at radius 2 is 1.67 bits per heavy atom. The number of nitrogens with zero attached hydrogens (tertiary/aromatic N) is 3. The number of rotatable bonds is 7. The number of halogens is 1. The minimum Gasteiger partial charge on any atom is -0.381 e. The normalized spacial score (nSPS) is 19.9. The Morgan fingerprint density at radius 3 is 2.27 bits per heavy atom. The number of guanidine groups is 1. The van der Waals surface area contributed by atoms with Crippen LogP contribution in [0.5, 0.6) is 0 Å². The van der Waals surface area contributed by atoms with Crippen molar-refractivity contribution in [2.45, 2.75) is 50.7 Å². The molecule has 0 bridgehead atoms. The van der Waals surface area contributed by atoms with E-state index in [1.54, 1.807) is 0 Å². The molecule has 2 saturated heterocycles. The van der Waals surface area contributed by atoms with Gasteiger partial charge in [0.2, 0.25) is 0 Å². The largest absolute Gasteiger partial charge is 0.381 e. The molecule has 1 aromatic rings. The summed E-state index contributed by atoms with van der Waals surface area (Å²) in [7, 11) is 6.16. The Balaban J connectivity index is 0.00000320. The van der Waals surface area contributed by atoms with Crippen molar-refractivity contribution < 1.29 is 4.74 Å². The van der Waals surface area contributed by atoms with Crippen LogP contribution in [0.4, 0.5) is 0 Å². The van der Waals surface area contributed by atoms with Crippen molar-refractivity contribution in [3.05, 3.63) is 35.4 Å². The van der Waals surface area contributed by atoms with Gasteiger partial charge in [-0.25, -0.2) is 0 Å². The van der Waals surface area contributed by atoms with Crippen molar-refractivity contribution in [3.8, 4) is 0 Å². The van der Waals surface area contributed by atoms with Gasteiger partial charge in [0.25, 0.3) is 0 Å². The van der Waals surface area contributed by atoms with Crippen molar-refractivity contribution in [1.82, 2.24) is 20.4 Å². The van der Waals surface area contributed by atoms with Gasteiger partial charge in [0, 0.05) is 45.4 Å². The monoisotopic (exact) mass is 529 g/mol. The number of hydrogen-bond donors (Lipinski definition) is 2. The zero-order valence-electron chi connectivity index (χ0n) is 19.0. The summed E-state index contributed by atoms with van der Waals surface area (Å²) < 4.78 is 5.57. The number of nitrogens with one attached hydrogen (secondary N) is 2. The SMILES string of the molecule is CN=C(NCc1ccc(CN2CCCCC2)cc1)NCC1(N(C)C)CCOCC1.I. The van der Waals surface area contributed by atoms with Crippen molar-refractivity contribution >= 4 is 29.9 Å². The lowest BCUT2D eigenvalue weighted by Crippen LogP contribution is -2.57. The number of likely N-dealkylation sites (N-methyl/N-ethyl adjacent to an activating group) is 1. The smallest absolute Gasteiger partial charge is 0.191 e. The molecule has 6 nitrogen and oxygen atoms in total. The van der Waals surface area contributed by atoms with Crippen molar-refractivity contribution in [1.29, 1.82) is 0 Å². The highest BCUT2D eigenvalue weighted by Crippen LogP contribution is 2.25. The fraction of sp³-hybridized carbons (Fsp3) is 0.696. The summed E-state index contributed by atoms with van der Waals surface area (Å²) in [6.07, 6.45) is 6.16. The summed E-state index contributed by atoms with van der Waals surface area (Å²) in [5, 5.41) is 6.99. The average Bonchev–Trinajstić information content (AvgIpc) is 2.76. The molecule has 2 aliphatic rings. The predicted octanol–water partition coefficient (Wildman–Crippen LogP) is 3.07. The van der Waals surface area contributed by atoms with Gasteiger partial charge in [0.1, 0.15) is 0 Å². The van der Waals surface area contributed by atoms with E-state index in [-0.39, 0.29) is 29.5 Å². The molecular weight excluding hydrogens is 489 g/mol. The van der Waals surface area contributed by atoms with Crippen LogP contribution in [0.2, 0.25) is 0 Å². The lowest BCUT2D eigenvalue weighted by atomic mass is 9.88. The van der Waals surface area contributed by atoms with Crippen LogP contribution >= 0.6 is 24.0 Å². The Bertz CT molecular complexity index is 637. The quantitative estimate of drug-likeness (QED) is 0.323. The zero-order chi connectivity index (χ0) is 20.5. The highest BCUT2D eigenvalue weighted by molar-refractivity contribution is 14.0. The van der Waals surface area contributed by atoms with Gasteiger partial charge in [0.15, 0.2) is 5.96 Å². The lowest BCUT2D eigenvalue weighted by Gasteiger charge is -2.43. The number of piperidine rings is 1. The number of hydrogen-bond acceptors (Lipinski definition) is 4. The first-order chi connectivity index (χ1) is 14.1. The molecule has 170 valence electrons. The Kier molecular flexibility index (Phi) is 10.8. The van der Waals surface area contributed by atoms with Gasteiger partial charge in [-0.2, -0.15) is 0 Å². The molecule has 2 fully saturated rings. The minimum atomic E-state index is 0. The number of aliphatic imine (C=N–C) groups is 1. The molecule has 0 aromatic heterocycles. The average molecular weight is 530 g/mol. The first-order valence-electron chi connectivity index (χ1n) is 11.1. The Labute approximate surface area is 199 Å². The van der Waals surface area contributed by atoms with E-state index in [4.69, 9.17) is 4.74 Å². The van der Waals surface area contributed by atoms with Crippen LogP contribution in [-0.4, -0.2) is 75.3 Å². The predicted molar refractivity (Wildman–Crippen MR) is 136 cm³/mol. The molecule has 0 spiro atoms. The van der Waals surface area contributed by atoms with Gasteiger partial charge in [-0.3, -0.25) is 9.89 Å². The summed E-state index contributed by atoms with van der Waals surface area (Å²) >= 11 is 0. The fourth-order valence-corrected chi connectivity index (χ4v) is 4.33. The minimum absolute atomic E-state index is 0. The number of ether oxygens (including phenoxy) is 1. The molecule has 2 N–H and O–H groups in total. The first-order valence-corrected chi connectivity index (χ1v) is 11.1. The maximum absolute atomic E-state index is 5.57. The van der Waals surface area contributed by atoms with Crippen LogP contribution in [0.3, 0.4) is 0 Å². The maximum Gasteiger partial charge on any atom is 0.191 e. The van der Waals surface area contributed by atoms with E-state index >= 15 is 0 Å². The summed E-state index contributed by atoms with van der Waals surface area (Å²) in [6.45, 7) is 6.87. The van der Waals surface area contributed by atoms with Crippen LogP contribution in [0.1, 0.15) is 43.2 Å². The van der Waals surface area contributed by atoms with E-state index in [0.717, 1.165) is 51.6 Å². The molecule has 0 unspecified atom stereocenters. The second-order valence-electron chi connectivity index (χ2n) is 8.66. The second-order valence-corrected chi connectivity index (χ2v) is 8.66. The van der Waals surface area contributed by atoms with Crippen LogP contribution in [0, 0.1) is 0 Å². The molecule has 0 atom stereocenters. The van der Waals surface area contributed by atoms with Crippen LogP contribution in [0.15, 0.2) is 29.3 Å². The van der Waals surface area contributed by atoms with Crippen LogP contribution < -0.4 is 10.6 Å². The first kappa shape index (κ1) is 25.4. The van der Waals surface area contributed by atoms with Gasteiger partial charge in [-0.15, -0.1) is 24.0 Å². The summed E-state index contributed by atoms with van der Waals surface area (Å²) in [5.41, 5.74) is 2.82. The van der Waals surface area contributed by atoms with E-state index in [1.165, 1.54) is 43.5 Å². The molecule has 2 aliphatic heterocycles. The highest BCUT2D eigenvalue weighted by atomic mass is 127. The fourth-order valence-electron chi connectivity index (χ4n) is 4.33. The molecule has 30 heavy (non-hydrogen) atoms. The van der Waals surface area contributed by atoms with E-state index in [2.05, 4.69) is 63.8 Å². The number of likely N-dealkylation sites (tertiary alicyclic amines) is 1. The molecule has 0 aliphatic carbocycles. The van der Waals surface area contributed by atoms with Crippen molar-refractivity contribution in [2.75, 3.05) is 54.0 Å². The summed E-state index contributed by atoms with van der Waals surface area (Å²) in [6, 6.07) is 9.01. The molecule has 0 amide bonds. The molecule has 1 aromatic carbocycles. The Hall–Kier alpha value is -0.900. The molecule has 2 heterocycles. The Morgan fingerprint density at radius 1 is 1.03 bits per heavy atom. The third-order valence-electron chi connectivity index (χ3n) is 6.52. The van der Waals surface area contributed by atoms with Crippen molar-refractivity contribution in [3.63, 3.8) is 0 Å². The lowest BCUT2D eigenvalue weighted by molar-refractivity contribution is -0.00501. The molecule has 0 radical (unpaired) electrons. The third kappa shape index (κ3) is 7.35. The van der Waals surface area contributed by atoms with Crippen LogP contribution in [0.25, 0.3) is 0 Å². The van der Waals surface area contributed by atoms with E-state index in [9.17, 15) is 0 Å². The van der Waals surface area contributed by atoms with Gasteiger partial charge >= 0.3 is 0 Å². The molecule has 0 saturated carbocycles.